The number of carboxylic acid groups (broad SMARTS) is 1. The zero-order chi connectivity index (χ0) is 36.6. The molecule has 0 aromatic heterocycles. The van der Waals surface area contributed by atoms with Crippen molar-refractivity contribution >= 4 is 17.9 Å². The number of carbonyl (C=O) groups is 3. The Balaban J connectivity index is 1.69. The summed E-state index contributed by atoms with van der Waals surface area (Å²) < 4.78 is 11.4. The first-order chi connectivity index (χ1) is 22.9. The largest absolute Gasteiger partial charge is 0.507 e. The number of phenolic OH excluding ortho intramolecular Hbond substituents is 3. The van der Waals surface area contributed by atoms with E-state index in [1.165, 1.54) is 34.6 Å². The maximum absolute atomic E-state index is 13.7. The zero-order valence-corrected chi connectivity index (χ0v) is 28.9. The minimum absolute atomic E-state index is 0.0356. The number of carboxylic acids is 1. The Morgan fingerprint density at radius 3 is 1.51 bits per heavy atom. The van der Waals surface area contributed by atoms with Crippen LogP contribution in [0.1, 0.15) is 99.7 Å². The molecule has 4 aromatic carbocycles. The van der Waals surface area contributed by atoms with Gasteiger partial charge in [0.2, 0.25) is 0 Å². The third kappa shape index (κ3) is 6.49. The summed E-state index contributed by atoms with van der Waals surface area (Å²) in [5.41, 5.74) is 2.31. The van der Waals surface area contributed by atoms with Gasteiger partial charge in [0, 0.05) is 34.8 Å². The van der Waals surface area contributed by atoms with Crippen molar-refractivity contribution in [2.75, 3.05) is 0 Å². The van der Waals surface area contributed by atoms with E-state index >= 15 is 0 Å². The van der Waals surface area contributed by atoms with Crippen LogP contribution in [-0.2, 0) is 6.54 Å². The second-order valence-electron chi connectivity index (χ2n) is 12.3. The number of nitrogens with one attached hydrogen (secondary N) is 1. The second-order valence-corrected chi connectivity index (χ2v) is 12.3. The minimum Gasteiger partial charge on any atom is -0.507 e. The smallest absolute Gasteiger partial charge is 0.347 e. The molecule has 11 heteroatoms. The van der Waals surface area contributed by atoms with Gasteiger partial charge in [0.1, 0.15) is 51.2 Å². The Hall–Kier alpha value is -5.55. The van der Waals surface area contributed by atoms with Crippen LogP contribution in [0.3, 0.4) is 0 Å². The van der Waals surface area contributed by atoms with Gasteiger partial charge < -0.3 is 40.3 Å². The molecule has 0 aliphatic carbocycles. The first-order valence-electron chi connectivity index (χ1n) is 15.6. The second kappa shape index (κ2) is 13.9. The summed E-state index contributed by atoms with van der Waals surface area (Å²) in [5.74, 6) is -5.00. The van der Waals surface area contributed by atoms with Gasteiger partial charge in [-0.2, -0.15) is 0 Å². The van der Waals surface area contributed by atoms with Crippen molar-refractivity contribution in [1.29, 1.82) is 0 Å². The molecule has 0 unspecified atom stereocenters. The average Bonchev–Trinajstić information content (AvgIpc) is 3.06. The van der Waals surface area contributed by atoms with Gasteiger partial charge in [0.15, 0.2) is 0 Å². The lowest BCUT2D eigenvalue weighted by atomic mass is 9.95. The first kappa shape index (κ1) is 36.3. The van der Waals surface area contributed by atoms with E-state index in [-0.39, 0.29) is 74.3 Å². The van der Waals surface area contributed by atoms with E-state index in [1.54, 1.807) is 20.8 Å². The van der Waals surface area contributed by atoms with Crippen molar-refractivity contribution < 1.29 is 49.4 Å². The highest BCUT2D eigenvalue weighted by atomic mass is 16.5. The summed E-state index contributed by atoms with van der Waals surface area (Å²) in [6.07, 6.45) is 0. The molecule has 0 fully saturated rings. The SMILES string of the molecule is Cc1c(O)c(CN[C@@H](C)c2ccccc2)c(C)c(C(=O)Oc2c(C)c(C)c(C(=O)Oc3c(C)c(C)c(C(=O)O)c(O)c3C)c(O)c2C)c1O. The molecular weight excluding hydrogens is 630 g/mol. The van der Waals surface area contributed by atoms with E-state index in [2.05, 4.69) is 5.32 Å². The summed E-state index contributed by atoms with van der Waals surface area (Å²) >= 11 is 0. The third-order valence-corrected chi connectivity index (χ3v) is 9.38. The molecule has 0 amide bonds. The lowest BCUT2D eigenvalue weighted by Gasteiger charge is -2.22. The monoisotopic (exact) mass is 671 g/mol. The number of aromatic hydroxyl groups is 4. The molecule has 6 N–H and O–H groups in total. The molecule has 0 spiro atoms. The Kier molecular flexibility index (Phi) is 10.3. The van der Waals surface area contributed by atoms with E-state index in [9.17, 15) is 39.9 Å². The predicted molar refractivity (Wildman–Crippen MR) is 182 cm³/mol. The van der Waals surface area contributed by atoms with E-state index in [4.69, 9.17) is 9.47 Å². The number of phenols is 4. The summed E-state index contributed by atoms with van der Waals surface area (Å²) in [7, 11) is 0. The summed E-state index contributed by atoms with van der Waals surface area (Å²) in [6, 6.07) is 9.60. The van der Waals surface area contributed by atoms with Crippen LogP contribution in [0.2, 0.25) is 0 Å². The minimum atomic E-state index is -1.33. The zero-order valence-electron chi connectivity index (χ0n) is 28.9. The van der Waals surface area contributed by atoms with E-state index in [0.29, 0.717) is 22.3 Å². The fourth-order valence-corrected chi connectivity index (χ4v) is 5.94. The van der Waals surface area contributed by atoms with Gasteiger partial charge in [0.25, 0.3) is 0 Å². The molecule has 4 rings (SSSR count). The first-order valence-corrected chi connectivity index (χ1v) is 15.6. The van der Waals surface area contributed by atoms with Crippen LogP contribution >= 0.6 is 0 Å². The van der Waals surface area contributed by atoms with Crippen LogP contribution in [0.5, 0.6) is 34.5 Å². The predicted octanol–water partition coefficient (Wildman–Crippen LogP) is 6.96. The van der Waals surface area contributed by atoms with Crippen molar-refractivity contribution in [2.24, 2.45) is 0 Å². The van der Waals surface area contributed by atoms with Crippen LogP contribution in [0, 0.1) is 55.4 Å². The highest BCUT2D eigenvalue weighted by Crippen LogP contribution is 2.43. The van der Waals surface area contributed by atoms with Crippen LogP contribution in [-0.4, -0.2) is 43.4 Å². The quantitative estimate of drug-likeness (QED) is 0.0799. The van der Waals surface area contributed by atoms with E-state index in [0.717, 1.165) is 5.56 Å². The number of hydrogen-bond donors (Lipinski definition) is 6. The average molecular weight is 672 g/mol. The number of aromatic carboxylic acids is 1. The number of rotatable bonds is 9. The van der Waals surface area contributed by atoms with Crippen molar-refractivity contribution in [3.05, 3.63) is 103 Å². The molecule has 11 nitrogen and oxygen atoms in total. The van der Waals surface area contributed by atoms with Crippen molar-refractivity contribution in [3.8, 4) is 34.5 Å². The molecule has 258 valence electrons. The number of esters is 2. The van der Waals surface area contributed by atoms with Gasteiger partial charge in [-0.15, -0.1) is 0 Å². The summed E-state index contributed by atoms with van der Waals surface area (Å²) in [5, 5.41) is 56.5. The highest BCUT2D eigenvalue weighted by Gasteiger charge is 2.31. The molecule has 0 aliphatic rings. The maximum Gasteiger partial charge on any atom is 0.347 e. The van der Waals surface area contributed by atoms with Gasteiger partial charge in [-0.3, -0.25) is 0 Å². The normalized spacial score (nSPS) is 11.7. The molecule has 0 bridgehead atoms. The Bertz CT molecular complexity index is 1960. The molecule has 49 heavy (non-hydrogen) atoms. The molecule has 0 saturated carbocycles. The Labute approximate surface area is 284 Å². The lowest BCUT2D eigenvalue weighted by molar-refractivity contribution is 0.0689. The Morgan fingerprint density at radius 1 is 0.592 bits per heavy atom. The van der Waals surface area contributed by atoms with E-state index < -0.39 is 35.2 Å². The number of benzene rings is 4. The highest BCUT2D eigenvalue weighted by molar-refractivity contribution is 6.00. The molecule has 0 radical (unpaired) electrons. The lowest BCUT2D eigenvalue weighted by Crippen LogP contribution is -2.21. The van der Waals surface area contributed by atoms with Crippen LogP contribution in [0.4, 0.5) is 0 Å². The molecule has 4 aromatic rings. The van der Waals surface area contributed by atoms with Gasteiger partial charge in [-0.25, -0.2) is 14.4 Å². The fourth-order valence-electron chi connectivity index (χ4n) is 5.94. The Morgan fingerprint density at radius 2 is 1.02 bits per heavy atom. The van der Waals surface area contributed by atoms with Gasteiger partial charge >= 0.3 is 17.9 Å². The number of hydrogen-bond acceptors (Lipinski definition) is 10. The van der Waals surface area contributed by atoms with Gasteiger partial charge in [-0.1, -0.05) is 30.3 Å². The summed E-state index contributed by atoms with van der Waals surface area (Å²) in [6.45, 7) is 14.2. The number of carbonyl (C=O) groups excluding carboxylic acids is 2. The standard InChI is InChI=1S/C38H41NO10/c1-16-18(3)34(22(7)32(42)27(16)36(44)45)48-37(46)28-17(2)19(4)35(23(8)33(28)43)49-38(47)29-20(5)26(30(40)21(6)31(29)41)15-39-24(9)25-13-11-10-12-14-25/h10-14,24,39-43H,15H2,1-9H3,(H,44,45)/t24-/m0/s1. The molecular formula is C38H41NO10. The van der Waals surface area contributed by atoms with E-state index in [1.807, 2.05) is 37.3 Å². The topological polar surface area (TPSA) is 183 Å². The van der Waals surface area contributed by atoms with Crippen molar-refractivity contribution in [2.45, 2.75) is 74.9 Å². The molecule has 1 atom stereocenters. The molecule has 0 aliphatic heterocycles. The maximum atomic E-state index is 13.7. The van der Waals surface area contributed by atoms with Crippen molar-refractivity contribution in [1.82, 2.24) is 5.32 Å². The fraction of sp³-hybridized carbons (Fsp3) is 0.289. The van der Waals surface area contributed by atoms with Crippen LogP contribution < -0.4 is 14.8 Å². The van der Waals surface area contributed by atoms with Crippen LogP contribution in [0.25, 0.3) is 0 Å². The molecule has 0 saturated heterocycles. The number of ether oxygens (including phenoxy) is 2. The molecule has 0 heterocycles. The van der Waals surface area contributed by atoms with Gasteiger partial charge in [0.05, 0.1) is 0 Å². The van der Waals surface area contributed by atoms with Gasteiger partial charge in [-0.05, 0) is 95.7 Å². The third-order valence-electron chi connectivity index (χ3n) is 9.38. The van der Waals surface area contributed by atoms with Crippen molar-refractivity contribution in [3.63, 3.8) is 0 Å². The van der Waals surface area contributed by atoms with Crippen LogP contribution in [0.15, 0.2) is 30.3 Å². The summed E-state index contributed by atoms with van der Waals surface area (Å²) in [4.78, 5) is 38.9.